The summed E-state index contributed by atoms with van der Waals surface area (Å²) in [4.78, 5) is 18.0. The third-order valence-corrected chi connectivity index (χ3v) is 7.93. The Kier molecular flexibility index (Phi) is 7.09. The molecule has 1 aromatic heterocycles. The van der Waals surface area contributed by atoms with Crippen LogP contribution >= 0.6 is 0 Å². The maximum atomic E-state index is 14.1. The Labute approximate surface area is 212 Å². The summed E-state index contributed by atoms with van der Waals surface area (Å²) >= 11 is 0. The number of ether oxygens (including phenoxy) is 3. The van der Waals surface area contributed by atoms with Crippen molar-refractivity contribution in [2.45, 2.75) is 22.6 Å². The summed E-state index contributed by atoms with van der Waals surface area (Å²) in [6.45, 7) is 0.141. The highest BCUT2D eigenvalue weighted by molar-refractivity contribution is 7.85. The van der Waals surface area contributed by atoms with Crippen LogP contribution in [0.4, 0.5) is 0 Å². The number of pyridine rings is 1. The Morgan fingerprint density at radius 2 is 1.67 bits per heavy atom. The highest BCUT2D eigenvalue weighted by Gasteiger charge is 2.34. The summed E-state index contributed by atoms with van der Waals surface area (Å²) in [6.07, 6.45) is 1.78. The number of benzene rings is 3. The molecule has 3 aromatic carbocycles. The van der Waals surface area contributed by atoms with Crippen LogP contribution in [0.2, 0.25) is 0 Å². The molecular formula is C29H25NO5S. The smallest absolute Gasteiger partial charge is 0.231 e. The second-order valence-corrected chi connectivity index (χ2v) is 9.89. The van der Waals surface area contributed by atoms with E-state index >= 15 is 0 Å². The van der Waals surface area contributed by atoms with Gasteiger partial charge in [0.25, 0.3) is 0 Å². The lowest BCUT2D eigenvalue weighted by atomic mass is 9.86. The topological polar surface area (TPSA) is 74.7 Å². The van der Waals surface area contributed by atoms with Crippen LogP contribution in [-0.2, 0) is 10.8 Å². The van der Waals surface area contributed by atoms with Crippen LogP contribution in [0.15, 0.2) is 102 Å². The molecule has 0 N–H and O–H groups in total. The maximum absolute atomic E-state index is 14.1. The van der Waals surface area contributed by atoms with Gasteiger partial charge in [-0.2, -0.15) is 0 Å². The highest BCUT2D eigenvalue weighted by Crippen LogP contribution is 2.42. The third kappa shape index (κ3) is 5.02. The molecule has 3 atom stereocenters. The van der Waals surface area contributed by atoms with Gasteiger partial charge in [0.05, 0.1) is 23.2 Å². The molecule has 2 heterocycles. The van der Waals surface area contributed by atoms with E-state index in [1.54, 1.807) is 43.6 Å². The van der Waals surface area contributed by atoms with Gasteiger partial charge in [-0.05, 0) is 53.6 Å². The molecule has 182 valence electrons. The predicted molar refractivity (Wildman–Crippen MR) is 137 cm³/mol. The lowest BCUT2D eigenvalue weighted by Gasteiger charge is -2.27. The molecule has 1 aliphatic rings. The minimum atomic E-state index is -1.53. The first kappa shape index (κ1) is 23.8. The zero-order valence-corrected chi connectivity index (χ0v) is 20.5. The van der Waals surface area contributed by atoms with Gasteiger partial charge < -0.3 is 14.2 Å². The van der Waals surface area contributed by atoms with Gasteiger partial charge in [0.2, 0.25) is 6.79 Å². The van der Waals surface area contributed by atoms with E-state index in [1.807, 2.05) is 60.7 Å². The number of hydrogen-bond donors (Lipinski definition) is 0. The Morgan fingerprint density at radius 3 is 2.39 bits per heavy atom. The number of aromatic nitrogens is 1. The van der Waals surface area contributed by atoms with E-state index in [-0.39, 0.29) is 24.9 Å². The summed E-state index contributed by atoms with van der Waals surface area (Å²) in [5, 5.41) is -0.0547. The molecule has 0 unspecified atom stereocenters. The van der Waals surface area contributed by atoms with Gasteiger partial charge in [-0.3, -0.25) is 9.00 Å². The third-order valence-electron chi connectivity index (χ3n) is 6.21. The summed E-state index contributed by atoms with van der Waals surface area (Å²) in [5.74, 6) is 1.44. The van der Waals surface area contributed by atoms with Gasteiger partial charge in [0.15, 0.2) is 17.3 Å². The molecule has 0 saturated carbocycles. The predicted octanol–water partition coefficient (Wildman–Crippen LogP) is 5.72. The molecule has 0 amide bonds. The Morgan fingerprint density at radius 1 is 0.917 bits per heavy atom. The number of carbonyl (C=O) groups excluding carboxylic acids is 1. The molecule has 0 aliphatic carbocycles. The minimum Gasteiger partial charge on any atom is -0.497 e. The average Bonchev–Trinajstić information content (AvgIpc) is 3.42. The van der Waals surface area contributed by atoms with Crippen LogP contribution in [0, 0.1) is 0 Å². The standard InChI is InChI=1S/C29H25NO5S/c1-33-23-13-10-21(11-14-23)29(36(32)28-9-5-6-16-30-28)24(20-7-3-2-4-8-20)18-25(31)22-12-15-26-27(17-22)35-19-34-26/h2-17,24,29H,18-19H2,1H3/t24-,29+,36-/m1/s1. The molecule has 0 radical (unpaired) electrons. The molecule has 4 aromatic rings. The summed E-state index contributed by atoms with van der Waals surface area (Å²) in [5.41, 5.74) is 2.29. The molecule has 5 rings (SSSR count). The van der Waals surface area contributed by atoms with Crippen LogP contribution in [0.5, 0.6) is 17.2 Å². The van der Waals surface area contributed by atoms with Crippen LogP contribution in [0.1, 0.15) is 39.1 Å². The van der Waals surface area contributed by atoms with Crippen molar-refractivity contribution >= 4 is 16.6 Å². The Balaban J connectivity index is 1.57. The van der Waals surface area contributed by atoms with Crippen molar-refractivity contribution in [1.29, 1.82) is 0 Å². The van der Waals surface area contributed by atoms with Crippen molar-refractivity contribution in [3.8, 4) is 17.2 Å². The van der Waals surface area contributed by atoms with Gasteiger partial charge in [0.1, 0.15) is 10.8 Å². The molecule has 36 heavy (non-hydrogen) atoms. The minimum absolute atomic E-state index is 0.0707. The first-order valence-corrected chi connectivity index (χ1v) is 12.8. The van der Waals surface area contributed by atoms with Crippen LogP contribution in [-0.4, -0.2) is 28.9 Å². The second kappa shape index (κ2) is 10.7. The van der Waals surface area contributed by atoms with Crippen molar-refractivity contribution in [3.05, 3.63) is 114 Å². The number of nitrogens with zero attached hydrogens (tertiary/aromatic N) is 1. The number of Topliss-reactive ketones (excluding diaryl/α,β-unsaturated/α-hetero) is 1. The number of ketones is 1. The lowest BCUT2D eigenvalue weighted by molar-refractivity contribution is 0.0972. The van der Waals surface area contributed by atoms with Crippen molar-refractivity contribution in [3.63, 3.8) is 0 Å². The SMILES string of the molecule is COc1ccc([C@@H]([C@H](CC(=O)c2ccc3c(c2)OCO3)c2ccccc2)[S@](=O)c2ccccn2)cc1. The summed E-state index contributed by atoms with van der Waals surface area (Å²) in [6, 6.07) is 27.8. The summed E-state index contributed by atoms with van der Waals surface area (Å²) in [7, 11) is 0.0739. The van der Waals surface area contributed by atoms with Crippen LogP contribution in [0.25, 0.3) is 0 Å². The van der Waals surface area contributed by atoms with E-state index in [4.69, 9.17) is 14.2 Å². The molecule has 0 bridgehead atoms. The maximum Gasteiger partial charge on any atom is 0.231 e. The Bertz CT molecular complexity index is 1360. The van der Waals surface area contributed by atoms with Crippen LogP contribution < -0.4 is 14.2 Å². The molecule has 1 aliphatic heterocycles. The number of carbonyl (C=O) groups is 1. The van der Waals surface area contributed by atoms with Crippen molar-refractivity contribution < 1.29 is 23.2 Å². The van der Waals surface area contributed by atoms with Crippen molar-refractivity contribution in [2.75, 3.05) is 13.9 Å². The first-order chi connectivity index (χ1) is 17.6. The van der Waals surface area contributed by atoms with E-state index in [1.165, 1.54) is 0 Å². The highest BCUT2D eigenvalue weighted by atomic mass is 32.2. The van der Waals surface area contributed by atoms with Crippen molar-refractivity contribution in [1.82, 2.24) is 4.98 Å². The van der Waals surface area contributed by atoms with Gasteiger partial charge in [-0.1, -0.05) is 48.5 Å². The number of rotatable bonds is 9. The molecular weight excluding hydrogens is 474 g/mol. The van der Waals surface area contributed by atoms with E-state index in [9.17, 15) is 9.00 Å². The van der Waals surface area contributed by atoms with E-state index in [2.05, 4.69) is 4.98 Å². The summed E-state index contributed by atoms with van der Waals surface area (Å²) < 4.78 is 30.2. The van der Waals surface area contributed by atoms with Crippen molar-refractivity contribution in [2.24, 2.45) is 0 Å². The largest absolute Gasteiger partial charge is 0.497 e. The van der Waals surface area contributed by atoms with Gasteiger partial charge in [-0.15, -0.1) is 0 Å². The number of hydrogen-bond acceptors (Lipinski definition) is 6. The molecule has 0 fully saturated rings. The fourth-order valence-electron chi connectivity index (χ4n) is 4.38. The van der Waals surface area contributed by atoms with E-state index in [0.29, 0.717) is 27.8 Å². The normalized spacial score (nSPS) is 14.6. The molecule has 7 heteroatoms. The van der Waals surface area contributed by atoms with E-state index < -0.39 is 16.0 Å². The number of fused-ring (bicyclic) bond motifs is 1. The monoisotopic (exact) mass is 499 g/mol. The van der Waals surface area contributed by atoms with E-state index in [0.717, 1.165) is 11.1 Å². The Hall–Kier alpha value is -3.97. The number of methoxy groups -OCH3 is 1. The van der Waals surface area contributed by atoms with Crippen LogP contribution in [0.3, 0.4) is 0 Å². The average molecular weight is 500 g/mol. The second-order valence-electron chi connectivity index (χ2n) is 8.37. The van der Waals surface area contributed by atoms with Gasteiger partial charge in [-0.25, -0.2) is 4.98 Å². The van der Waals surface area contributed by atoms with Gasteiger partial charge >= 0.3 is 0 Å². The molecule has 6 nitrogen and oxygen atoms in total. The quantitative estimate of drug-likeness (QED) is 0.274. The fraction of sp³-hybridized carbons (Fsp3) is 0.172. The zero-order chi connectivity index (χ0) is 24.9. The molecule has 0 saturated heterocycles. The zero-order valence-electron chi connectivity index (χ0n) is 19.7. The molecule has 0 spiro atoms. The first-order valence-electron chi connectivity index (χ1n) is 11.6. The fourth-order valence-corrected chi connectivity index (χ4v) is 5.98. The lowest BCUT2D eigenvalue weighted by Crippen LogP contribution is -2.20. The van der Waals surface area contributed by atoms with Gasteiger partial charge in [0, 0.05) is 24.1 Å².